The van der Waals surface area contributed by atoms with Crippen molar-refractivity contribution in [2.24, 2.45) is 11.8 Å². The van der Waals surface area contributed by atoms with Crippen LogP contribution in [0.4, 0.5) is 11.4 Å². The third kappa shape index (κ3) is 4.11. The number of fused-ring (bicyclic) bond motifs is 1. The van der Waals surface area contributed by atoms with Crippen molar-refractivity contribution in [2.75, 3.05) is 10.2 Å². The number of halogens is 2. The van der Waals surface area contributed by atoms with E-state index < -0.39 is 11.9 Å². The van der Waals surface area contributed by atoms with Gasteiger partial charge in [0.15, 0.2) is 0 Å². The number of carbonyl (C=O) groups is 4. The molecule has 9 heteroatoms. The lowest BCUT2D eigenvalue weighted by molar-refractivity contribution is -0.122. The Hall–Kier alpha value is -2.52. The molecule has 4 rings (SSSR count). The van der Waals surface area contributed by atoms with Crippen molar-refractivity contribution in [3.8, 4) is 0 Å². The van der Waals surface area contributed by atoms with Gasteiger partial charge in [0.05, 0.1) is 23.1 Å². The Morgan fingerprint density at radius 2 is 1.59 bits per heavy atom. The Balaban J connectivity index is 1.58. The van der Waals surface area contributed by atoms with Gasteiger partial charge in [-0.25, -0.2) is 4.79 Å². The maximum atomic E-state index is 13.0. The number of hydrogen-bond acceptors (Lipinski definition) is 4. The Labute approximate surface area is 201 Å². The van der Waals surface area contributed by atoms with Crippen LogP contribution >= 0.6 is 31.9 Å². The number of anilines is 2. The molecule has 3 amide bonds. The van der Waals surface area contributed by atoms with Gasteiger partial charge in [-0.1, -0.05) is 44.0 Å². The number of imide groups is 1. The van der Waals surface area contributed by atoms with Gasteiger partial charge in [-0.2, -0.15) is 0 Å². The maximum absolute atomic E-state index is 13.0. The molecule has 2 fully saturated rings. The molecule has 0 spiro atoms. The highest BCUT2D eigenvalue weighted by Gasteiger charge is 2.52. The van der Waals surface area contributed by atoms with Gasteiger partial charge in [0.1, 0.15) is 0 Å². The van der Waals surface area contributed by atoms with Crippen LogP contribution in [0.3, 0.4) is 0 Å². The molecule has 1 heterocycles. The molecule has 1 aliphatic carbocycles. The molecular formula is C23H20Br2N2O5. The molecule has 1 saturated heterocycles. The standard InChI is InChI=1S/C23H20Br2N2O5/c1-11-5-6-13(23(31)32)8-19(11)26-20(28)12-3-2-4-14(7-12)27-21(29)15-9-17(24)18(25)10-16(15)22(27)30/h2-8,15-18H,9-10H2,1H3,(H,26,28)(H,31,32)/t15-,16+,17+,18-. The summed E-state index contributed by atoms with van der Waals surface area (Å²) in [5, 5.41) is 11.9. The largest absolute Gasteiger partial charge is 0.478 e. The van der Waals surface area contributed by atoms with E-state index in [1.165, 1.54) is 23.1 Å². The number of carbonyl (C=O) groups excluding carboxylic acids is 3. The highest BCUT2D eigenvalue weighted by Crippen LogP contribution is 2.44. The van der Waals surface area contributed by atoms with Crippen LogP contribution in [0.2, 0.25) is 0 Å². The van der Waals surface area contributed by atoms with E-state index >= 15 is 0 Å². The molecule has 4 atom stereocenters. The molecular weight excluding hydrogens is 544 g/mol. The smallest absolute Gasteiger partial charge is 0.335 e. The number of carboxylic acids is 1. The lowest BCUT2D eigenvalue weighted by atomic mass is 9.81. The molecule has 0 unspecified atom stereocenters. The lowest BCUT2D eigenvalue weighted by Crippen LogP contribution is -2.34. The van der Waals surface area contributed by atoms with E-state index in [9.17, 15) is 24.3 Å². The Morgan fingerprint density at radius 3 is 2.19 bits per heavy atom. The number of hydrogen-bond donors (Lipinski definition) is 2. The Kier molecular flexibility index (Phi) is 6.22. The quantitative estimate of drug-likeness (QED) is 0.424. The molecule has 0 bridgehead atoms. The summed E-state index contributed by atoms with van der Waals surface area (Å²) in [6.07, 6.45) is 1.14. The predicted molar refractivity (Wildman–Crippen MR) is 127 cm³/mol. The average Bonchev–Trinajstić information content (AvgIpc) is 2.99. The van der Waals surface area contributed by atoms with Crippen molar-refractivity contribution in [1.29, 1.82) is 0 Å². The predicted octanol–water partition coefficient (Wildman–Crippen LogP) is 4.37. The van der Waals surface area contributed by atoms with E-state index in [-0.39, 0.29) is 44.4 Å². The first kappa shape index (κ1) is 22.7. The number of benzene rings is 2. The monoisotopic (exact) mass is 562 g/mol. The van der Waals surface area contributed by atoms with E-state index in [0.717, 1.165) is 0 Å². The summed E-state index contributed by atoms with van der Waals surface area (Å²) in [4.78, 5) is 51.6. The number of amides is 3. The van der Waals surface area contributed by atoms with Crippen LogP contribution in [0.5, 0.6) is 0 Å². The molecule has 0 aromatic heterocycles. The molecule has 32 heavy (non-hydrogen) atoms. The molecule has 2 aromatic carbocycles. The van der Waals surface area contributed by atoms with Crippen molar-refractivity contribution < 1.29 is 24.3 Å². The number of rotatable bonds is 4. The lowest BCUT2D eigenvalue weighted by Gasteiger charge is -2.29. The summed E-state index contributed by atoms with van der Waals surface area (Å²) >= 11 is 7.15. The molecule has 7 nitrogen and oxygen atoms in total. The van der Waals surface area contributed by atoms with Gasteiger partial charge in [0.25, 0.3) is 5.91 Å². The zero-order chi connectivity index (χ0) is 23.2. The fraction of sp³-hybridized carbons (Fsp3) is 0.304. The summed E-state index contributed by atoms with van der Waals surface area (Å²) in [6, 6.07) is 10.8. The third-order valence-electron chi connectivity index (χ3n) is 6.01. The SMILES string of the molecule is Cc1ccc(C(=O)O)cc1NC(=O)c1cccc(N2C(=O)[C@H]3C[C@@H](Br)[C@@H](Br)C[C@H]3C2=O)c1. The van der Waals surface area contributed by atoms with E-state index in [4.69, 9.17) is 0 Å². The fourth-order valence-corrected chi connectivity index (χ4v) is 5.46. The highest BCUT2D eigenvalue weighted by atomic mass is 79.9. The highest BCUT2D eigenvalue weighted by molar-refractivity contribution is 9.12. The second kappa shape index (κ2) is 8.78. The number of aryl methyl sites for hydroxylation is 1. The van der Waals surface area contributed by atoms with Crippen LogP contribution in [-0.2, 0) is 9.59 Å². The number of nitrogens with zero attached hydrogens (tertiary/aromatic N) is 1. The maximum Gasteiger partial charge on any atom is 0.335 e. The Bertz CT molecular complexity index is 1110. The molecule has 1 saturated carbocycles. The van der Waals surface area contributed by atoms with Gasteiger partial charge in [-0.15, -0.1) is 0 Å². The number of alkyl halides is 2. The van der Waals surface area contributed by atoms with Gasteiger partial charge in [0, 0.05) is 20.9 Å². The van der Waals surface area contributed by atoms with Crippen LogP contribution in [0.25, 0.3) is 0 Å². The molecule has 0 radical (unpaired) electrons. The van der Waals surface area contributed by atoms with Crippen LogP contribution in [-0.4, -0.2) is 38.5 Å². The van der Waals surface area contributed by atoms with E-state index in [1.807, 2.05) is 0 Å². The van der Waals surface area contributed by atoms with Crippen LogP contribution in [0.15, 0.2) is 42.5 Å². The first-order valence-electron chi connectivity index (χ1n) is 10.1. The van der Waals surface area contributed by atoms with E-state index in [1.54, 1.807) is 31.2 Å². The van der Waals surface area contributed by atoms with Gasteiger partial charge in [-0.3, -0.25) is 19.3 Å². The second-order valence-corrected chi connectivity index (χ2v) is 10.4. The molecule has 1 aliphatic heterocycles. The number of carboxylic acid groups (broad SMARTS) is 1. The van der Waals surface area contributed by atoms with Crippen molar-refractivity contribution in [3.63, 3.8) is 0 Å². The van der Waals surface area contributed by atoms with Crippen molar-refractivity contribution >= 4 is 66.9 Å². The van der Waals surface area contributed by atoms with Crippen LogP contribution in [0, 0.1) is 18.8 Å². The number of nitrogens with one attached hydrogen (secondary N) is 1. The minimum Gasteiger partial charge on any atom is -0.478 e. The second-order valence-electron chi connectivity index (χ2n) is 8.07. The Morgan fingerprint density at radius 1 is 0.969 bits per heavy atom. The minimum atomic E-state index is -1.09. The molecule has 2 aromatic rings. The van der Waals surface area contributed by atoms with Crippen molar-refractivity contribution in [3.05, 3.63) is 59.2 Å². The zero-order valence-electron chi connectivity index (χ0n) is 17.0. The molecule has 2 N–H and O–H groups in total. The average molecular weight is 564 g/mol. The number of aromatic carboxylic acids is 1. The molecule has 2 aliphatic rings. The molecule has 166 valence electrons. The van der Waals surface area contributed by atoms with Gasteiger partial charge in [-0.05, 0) is 55.7 Å². The zero-order valence-corrected chi connectivity index (χ0v) is 20.2. The summed E-state index contributed by atoms with van der Waals surface area (Å²) < 4.78 is 0. The normalized spacial score (nSPS) is 24.9. The summed E-state index contributed by atoms with van der Waals surface area (Å²) in [5.74, 6) is -2.79. The first-order valence-corrected chi connectivity index (χ1v) is 11.9. The van der Waals surface area contributed by atoms with Crippen molar-refractivity contribution in [2.45, 2.75) is 29.4 Å². The van der Waals surface area contributed by atoms with E-state index in [2.05, 4.69) is 37.2 Å². The van der Waals surface area contributed by atoms with Crippen LogP contribution in [0.1, 0.15) is 39.1 Å². The topological polar surface area (TPSA) is 104 Å². The van der Waals surface area contributed by atoms with Gasteiger partial charge in [0.2, 0.25) is 11.8 Å². The summed E-state index contributed by atoms with van der Waals surface area (Å²) in [7, 11) is 0. The van der Waals surface area contributed by atoms with Crippen molar-refractivity contribution in [1.82, 2.24) is 0 Å². The van der Waals surface area contributed by atoms with Crippen LogP contribution < -0.4 is 10.2 Å². The van der Waals surface area contributed by atoms with E-state index in [0.29, 0.717) is 29.8 Å². The third-order valence-corrected chi connectivity index (χ3v) is 8.74. The minimum absolute atomic E-state index is 0.0608. The summed E-state index contributed by atoms with van der Waals surface area (Å²) in [6.45, 7) is 1.76. The fourth-order valence-electron chi connectivity index (χ4n) is 4.22. The van der Waals surface area contributed by atoms with Gasteiger partial charge < -0.3 is 10.4 Å². The van der Waals surface area contributed by atoms with Gasteiger partial charge >= 0.3 is 5.97 Å². The summed E-state index contributed by atoms with van der Waals surface area (Å²) in [5.41, 5.74) is 1.77. The first-order chi connectivity index (χ1) is 15.2.